The quantitative estimate of drug-likeness (QED) is 0.620. The molecule has 0 heterocycles. The van der Waals surface area contributed by atoms with Gasteiger partial charge >= 0.3 is 5.97 Å². The molecule has 0 radical (unpaired) electrons. The summed E-state index contributed by atoms with van der Waals surface area (Å²) in [5.74, 6) is -0.791. The highest BCUT2D eigenvalue weighted by Gasteiger charge is 2.05. The highest BCUT2D eigenvalue weighted by molar-refractivity contribution is 5.89. The van der Waals surface area contributed by atoms with Crippen molar-refractivity contribution in [3.05, 3.63) is 71.6 Å². The number of ether oxygens (including phenoxy) is 2. The second kappa shape index (κ2) is 9.22. The Morgan fingerprint density at radius 2 is 1.84 bits per heavy atom. The van der Waals surface area contributed by atoms with Crippen molar-refractivity contribution < 1.29 is 23.5 Å². The molecule has 0 bridgehead atoms. The molecule has 0 aliphatic carbocycles. The fourth-order valence-corrected chi connectivity index (χ4v) is 2.00. The lowest BCUT2D eigenvalue weighted by atomic mass is 10.2. The molecular weight excluding hydrogens is 325 g/mol. The van der Waals surface area contributed by atoms with Gasteiger partial charge in [0.25, 0.3) is 5.91 Å². The lowest BCUT2D eigenvalue weighted by molar-refractivity contribution is -0.143. The number of hydrogen-bond acceptors (Lipinski definition) is 4. The first kappa shape index (κ1) is 18.2. The lowest BCUT2D eigenvalue weighted by Gasteiger charge is -2.06. The van der Waals surface area contributed by atoms with Crippen molar-refractivity contribution in [2.45, 2.75) is 6.54 Å². The van der Waals surface area contributed by atoms with Gasteiger partial charge < -0.3 is 14.8 Å². The van der Waals surface area contributed by atoms with Crippen molar-refractivity contribution in [3.63, 3.8) is 0 Å². The van der Waals surface area contributed by atoms with Crippen LogP contribution in [0.25, 0.3) is 6.08 Å². The van der Waals surface area contributed by atoms with Crippen molar-refractivity contribution in [1.29, 1.82) is 0 Å². The highest BCUT2D eigenvalue weighted by Crippen LogP contribution is 2.18. The van der Waals surface area contributed by atoms with Crippen LogP contribution in [-0.4, -0.2) is 25.6 Å². The third-order valence-corrected chi connectivity index (χ3v) is 3.29. The summed E-state index contributed by atoms with van der Waals surface area (Å²) in [4.78, 5) is 23.3. The minimum Gasteiger partial charge on any atom is -0.496 e. The first-order valence-electron chi connectivity index (χ1n) is 7.57. The highest BCUT2D eigenvalue weighted by atomic mass is 19.1. The number of hydrogen-bond donors (Lipinski definition) is 1. The van der Waals surface area contributed by atoms with Gasteiger partial charge in [-0.25, -0.2) is 9.18 Å². The van der Waals surface area contributed by atoms with Gasteiger partial charge in [-0.1, -0.05) is 30.3 Å². The first-order valence-corrected chi connectivity index (χ1v) is 7.57. The SMILES string of the molecule is COc1ccccc1/C=C/C(=O)OCC(=O)NCc1ccc(F)cc1. The number of carbonyl (C=O) groups is 2. The van der Waals surface area contributed by atoms with Crippen molar-refractivity contribution >= 4 is 18.0 Å². The summed E-state index contributed by atoms with van der Waals surface area (Å²) in [6, 6.07) is 13.0. The predicted octanol–water partition coefficient (Wildman–Crippen LogP) is 2.71. The summed E-state index contributed by atoms with van der Waals surface area (Å²) in [5.41, 5.74) is 1.47. The first-order chi connectivity index (χ1) is 12.1. The van der Waals surface area contributed by atoms with Crippen LogP contribution in [0.5, 0.6) is 5.75 Å². The molecule has 5 nitrogen and oxygen atoms in total. The van der Waals surface area contributed by atoms with Crippen LogP contribution in [0.2, 0.25) is 0 Å². The van der Waals surface area contributed by atoms with Crippen LogP contribution in [-0.2, 0) is 20.9 Å². The average molecular weight is 343 g/mol. The number of carbonyl (C=O) groups excluding carboxylic acids is 2. The van der Waals surface area contributed by atoms with Gasteiger partial charge in [-0.15, -0.1) is 0 Å². The van der Waals surface area contributed by atoms with E-state index in [0.717, 1.165) is 11.1 Å². The minimum absolute atomic E-state index is 0.230. The zero-order valence-corrected chi connectivity index (χ0v) is 13.7. The molecule has 0 spiro atoms. The Hall–Kier alpha value is -3.15. The molecule has 0 saturated heterocycles. The Morgan fingerprint density at radius 1 is 1.12 bits per heavy atom. The summed E-state index contributed by atoms with van der Waals surface area (Å²) < 4.78 is 22.8. The smallest absolute Gasteiger partial charge is 0.331 e. The van der Waals surface area contributed by atoms with E-state index in [9.17, 15) is 14.0 Å². The molecule has 2 rings (SSSR count). The number of amides is 1. The van der Waals surface area contributed by atoms with E-state index in [-0.39, 0.29) is 12.4 Å². The molecule has 2 aromatic rings. The Balaban J connectivity index is 1.76. The van der Waals surface area contributed by atoms with Gasteiger partial charge in [0, 0.05) is 18.2 Å². The maximum absolute atomic E-state index is 12.8. The number of nitrogens with one attached hydrogen (secondary N) is 1. The van der Waals surface area contributed by atoms with Crippen LogP contribution in [0.1, 0.15) is 11.1 Å². The van der Waals surface area contributed by atoms with E-state index in [0.29, 0.717) is 5.75 Å². The van der Waals surface area contributed by atoms with Crippen molar-refractivity contribution in [3.8, 4) is 5.75 Å². The third kappa shape index (κ3) is 6.10. The van der Waals surface area contributed by atoms with Crippen LogP contribution < -0.4 is 10.1 Å². The lowest BCUT2D eigenvalue weighted by Crippen LogP contribution is -2.28. The van der Waals surface area contributed by atoms with E-state index in [1.165, 1.54) is 25.3 Å². The van der Waals surface area contributed by atoms with E-state index < -0.39 is 18.5 Å². The molecule has 0 aliphatic rings. The average Bonchev–Trinajstić information content (AvgIpc) is 2.64. The van der Waals surface area contributed by atoms with E-state index in [1.54, 1.807) is 30.3 Å². The molecule has 0 fully saturated rings. The normalized spacial score (nSPS) is 10.5. The summed E-state index contributed by atoms with van der Waals surface area (Å²) in [7, 11) is 1.54. The molecule has 2 aromatic carbocycles. The number of rotatable bonds is 7. The fourth-order valence-electron chi connectivity index (χ4n) is 2.00. The number of para-hydroxylation sites is 1. The topological polar surface area (TPSA) is 64.6 Å². The molecule has 1 N–H and O–H groups in total. The molecule has 1 amide bonds. The van der Waals surface area contributed by atoms with Crippen molar-refractivity contribution in [2.75, 3.05) is 13.7 Å². The van der Waals surface area contributed by atoms with Gasteiger partial charge in [-0.3, -0.25) is 4.79 Å². The Kier molecular flexibility index (Phi) is 6.71. The van der Waals surface area contributed by atoms with Crippen LogP contribution in [0.3, 0.4) is 0 Å². The summed E-state index contributed by atoms with van der Waals surface area (Å²) >= 11 is 0. The van der Waals surface area contributed by atoms with E-state index in [1.807, 2.05) is 12.1 Å². The van der Waals surface area contributed by atoms with Gasteiger partial charge in [0.2, 0.25) is 0 Å². The molecule has 0 aromatic heterocycles. The van der Waals surface area contributed by atoms with Crippen LogP contribution in [0.15, 0.2) is 54.6 Å². The second-order valence-corrected chi connectivity index (χ2v) is 5.09. The molecular formula is C19H18FNO4. The van der Waals surface area contributed by atoms with Crippen molar-refractivity contribution in [2.24, 2.45) is 0 Å². The maximum Gasteiger partial charge on any atom is 0.331 e. The molecule has 0 saturated carbocycles. The van der Waals surface area contributed by atoms with Gasteiger partial charge in [-0.05, 0) is 29.8 Å². The van der Waals surface area contributed by atoms with E-state index in [2.05, 4.69) is 5.32 Å². The van der Waals surface area contributed by atoms with Crippen LogP contribution in [0.4, 0.5) is 4.39 Å². The predicted molar refractivity (Wildman–Crippen MR) is 91.2 cm³/mol. The second-order valence-electron chi connectivity index (χ2n) is 5.09. The maximum atomic E-state index is 12.8. The van der Waals surface area contributed by atoms with Gasteiger partial charge in [0.05, 0.1) is 7.11 Å². The number of halogens is 1. The molecule has 0 atom stereocenters. The summed E-state index contributed by atoms with van der Waals surface area (Å²) in [6.07, 6.45) is 2.78. The van der Waals surface area contributed by atoms with Crippen molar-refractivity contribution in [1.82, 2.24) is 5.32 Å². The molecule has 0 unspecified atom stereocenters. The molecule has 0 aliphatic heterocycles. The Bertz CT molecular complexity index is 756. The summed E-state index contributed by atoms with van der Waals surface area (Å²) in [5, 5.41) is 2.58. The van der Waals surface area contributed by atoms with E-state index in [4.69, 9.17) is 9.47 Å². The standard InChI is InChI=1S/C19H18FNO4/c1-24-17-5-3-2-4-15(17)8-11-19(23)25-13-18(22)21-12-14-6-9-16(20)10-7-14/h2-11H,12-13H2,1H3,(H,21,22)/b11-8+. The van der Waals surface area contributed by atoms with Gasteiger partial charge in [-0.2, -0.15) is 0 Å². The fraction of sp³-hybridized carbons (Fsp3) is 0.158. The number of esters is 1. The molecule has 25 heavy (non-hydrogen) atoms. The minimum atomic E-state index is -0.636. The Labute approximate surface area is 145 Å². The van der Waals surface area contributed by atoms with Crippen LogP contribution in [0, 0.1) is 5.82 Å². The number of benzene rings is 2. The third-order valence-electron chi connectivity index (χ3n) is 3.29. The Morgan fingerprint density at radius 3 is 2.56 bits per heavy atom. The van der Waals surface area contributed by atoms with E-state index >= 15 is 0 Å². The zero-order chi connectivity index (χ0) is 18.1. The molecule has 130 valence electrons. The monoisotopic (exact) mass is 343 g/mol. The van der Waals surface area contributed by atoms with Crippen LogP contribution >= 0.6 is 0 Å². The zero-order valence-electron chi connectivity index (χ0n) is 13.7. The van der Waals surface area contributed by atoms with Gasteiger partial charge in [0.15, 0.2) is 6.61 Å². The largest absolute Gasteiger partial charge is 0.496 e. The van der Waals surface area contributed by atoms with Gasteiger partial charge in [0.1, 0.15) is 11.6 Å². The molecule has 6 heteroatoms. The summed E-state index contributed by atoms with van der Waals surface area (Å²) in [6.45, 7) is -0.163. The number of methoxy groups -OCH3 is 1.